The summed E-state index contributed by atoms with van der Waals surface area (Å²) >= 11 is 6.17. The van der Waals surface area contributed by atoms with Crippen LogP contribution in [0.4, 0.5) is 4.39 Å². The maximum absolute atomic E-state index is 13.0. The Morgan fingerprint density at radius 2 is 1.50 bits per heavy atom. The van der Waals surface area contributed by atoms with Crippen LogP contribution in [0.2, 0.25) is 5.02 Å². The first-order valence-electron chi connectivity index (χ1n) is 6.27. The van der Waals surface area contributed by atoms with Gasteiger partial charge >= 0.3 is 0 Å². The Balaban J connectivity index is 2.14. The zero-order valence-corrected chi connectivity index (χ0v) is 11.3. The van der Waals surface area contributed by atoms with Gasteiger partial charge in [0.2, 0.25) is 0 Å². The summed E-state index contributed by atoms with van der Waals surface area (Å²) in [6.45, 7) is 0. The number of hydrogen-bond donors (Lipinski definition) is 1. The molecular weight excluding hydrogens is 275 g/mol. The van der Waals surface area contributed by atoms with Crippen LogP contribution in [0.1, 0.15) is 17.2 Å². The van der Waals surface area contributed by atoms with Gasteiger partial charge in [0.15, 0.2) is 0 Å². The molecular formula is C17H12ClFO. The number of aliphatic hydroxyl groups is 1. The molecule has 1 atom stereocenters. The third-order valence-corrected chi connectivity index (χ3v) is 3.71. The van der Waals surface area contributed by atoms with E-state index in [2.05, 4.69) is 0 Å². The Labute approximate surface area is 121 Å². The Bertz CT molecular complexity index is 753. The molecule has 0 fully saturated rings. The van der Waals surface area contributed by atoms with E-state index < -0.39 is 6.10 Å². The maximum atomic E-state index is 13.0. The molecule has 0 aliphatic carbocycles. The second-order valence-electron chi connectivity index (χ2n) is 4.64. The highest BCUT2D eigenvalue weighted by molar-refractivity contribution is 6.35. The lowest BCUT2D eigenvalue weighted by atomic mass is 9.96. The third kappa shape index (κ3) is 2.28. The van der Waals surface area contributed by atoms with E-state index in [4.69, 9.17) is 11.6 Å². The molecule has 100 valence electrons. The number of aliphatic hydroxyl groups excluding tert-OH is 1. The average Bonchev–Trinajstić information content (AvgIpc) is 2.48. The Hall–Kier alpha value is -1.90. The summed E-state index contributed by atoms with van der Waals surface area (Å²) in [7, 11) is 0. The van der Waals surface area contributed by atoms with Gasteiger partial charge in [-0.05, 0) is 34.7 Å². The van der Waals surface area contributed by atoms with Crippen LogP contribution in [0.15, 0.2) is 60.7 Å². The summed E-state index contributed by atoms with van der Waals surface area (Å²) in [5.41, 5.74) is 1.41. The van der Waals surface area contributed by atoms with E-state index in [0.717, 1.165) is 16.3 Å². The lowest BCUT2D eigenvalue weighted by Gasteiger charge is -2.15. The van der Waals surface area contributed by atoms with Crippen molar-refractivity contribution in [1.82, 2.24) is 0 Å². The fraction of sp³-hybridized carbons (Fsp3) is 0.0588. The van der Waals surface area contributed by atoms with Crippen LogP contribution in [0.3, 0.4) is 0 Å². The van der Waals surface area contributed by atoms with Crippen LogP contribution in [0, 0.1) is 5.82 Å². The Kier molecular flexibility index (Phi) is 3.43. The van der Waals surface area contributed by atoms with Crippen LogP contribution in [-0.4, -0.2) is 5.11 Å². The van der Waals surface area contributed by atoms with Crippen molar-refractivity contribution in [3.05, 3.63) is 82.6 Å². The van der Waals surface area contributed by atoms with Crippen molar-refractivity contribution in [1.29, 1.82) is 0 Å². The van der Waals surface area contributed by atoms with E-state index >= 15 is 0 Å². The largest absolute Gasteiger partial charge is 0.384 e. The number of rotatable bonds is 2. The van der Waals surface area contributed by atoms with Crippen LogP contribution >= 0.6 is 11.6 Å². The fourth-order valence-corrected chi connectivity index (χ4v) is 2.58. The van der Waals surface area contributed by atoms with Crippen molar-refractivity contribution in [2.75, 3.05) is 0 Å². The second-order valence-corrected chi connectivity index (χ2v) is 5.04. The van der Waals surface area contributed by atoms with Crippen molar-refractivity contribution >= 4 is 22.4 Å². The van der Waals surface area contributed by atoms with Gasteiger partial charge in [-0.15, -0.1) is 0 Å². The van der Waals surface area contributed by atoms with Crippen molar-refractivity contribution in [3.8, 4) is 0 Å². The lowest BCUT2D eigenvalue weighted by Crippen LogP contribution is -2.00. The van der Waals surface area contributed by atoms with E-state index in [-0.39, 0.29) is 5.82 Å². The van der Waals surface area contributed by atoms with E-state index in [1.54, 1.807) is 24.3 Å². The molecule has 0 aliphatic rings. The minimum Gasteiger partial charge on any atom is -0.384 e. The van der Waals surface area contributed by atoms with Gasteiger partial charge in [-0.3, -0.25) is 0 Å². The summed E-state index contributed by atoms with van der Waals surface area (Å²) in [6.07, 6.45) is -0.808. The van der Waals surface area contributed by atoms with Gasteiger partial charge < -0.3 is 5.11 Å². The first-order chi connectivity index (χ1) is 9.66. The van der Waals surface area contributed by atoms with Crippen LogP contribution in [0.5, 0.6) is 0 Å². The molecule has 1 unspecified atom stereocenters. The highest BCUT2D eigenvalue weighted by atomic mass is 35.5. The molecule has 1 N–H and O–H groups in total. The van der Waals surface area contributed by atoms with E-state index in [1.807, 2.05) is 24.3 Å². The minimum atomic E-state index is -0.808. The molecule has 0 saturated heterocycles. The second kappa shape index (κ2) is 5.23. The minimum absolute atomic E-state index is 0.318. The molecule has 20 heavy (non-hydrogen) atoms. The first kappa shape index (κ1) is 13.1. The molecule has 0 saturated carbocycles. The molecule has 0 heterocycles. The highest BCUT2D eigenvalue weighted by Crippen LogP contribution is 2.32. The van der Waals surface area contributed by atoms with E-state index in [9.17, 15) is 9.50 Å². The quantitative estimate of drug-likeness (QED) is 0.723. The van der Waals surface area contributed by atoms with Gasteiger partial charge in [0.25, 0.3) is 0 Å². The molecule has 1 nitrogen and oxygen atoms in total. The summed E-state index contributed by atoms with van der Waals surface area (Å²) in [5.74, 6) is -0.318. The van der Waals surface area contributed by atoms with Gasteiger partial charge in [-0.1, -0.05) is 54.1 Å². The van der Waals surface area contributed by atoms with Gasteiger partial charge in [0, 0.05) is 10.4 Å². The zero-order chi connectivity index (χ0) is 14.1. The van der Waals surface area contributed by atoms with E-state index in [1.165, 1.54) is 12.1 Å². The topological polar surface area (TPSA) is 20.2 Å². The van der Waals surface area contributed by atoms with Gasteiger partial charge in [0.05, 0.1) is 0 Å². The molecule has 3 rings (SSSR count). The number of fused-ring (bicyclic) bond motifs is 1. The maximum Gasteiger partial charge on any atom is 0.123 e. The van der Waals surface area contributed by atoms with Crippen molar-refractivity contribution in [3.63, 3.8) is 0 Å². The monoisotopic (exact) mass is 286 g/mol. The molecule has 0 amide bonds. The predicted molar refractivity (Wildman–Crippen MR) is 79.4 cm³/mol. The Morgan fingerprint density at radius 3 is 2.20 bits per heavy atom. The lowest BCUT2D eigenvalue weighted by molar-refractivity contribution is 0.222. The standard InChI is InChI=1S/C17H12ClFO/c18-16-10-9-15(13-3-1-2-4-14(13)16)17(20)11-5-7-12(19)8-6-11/h1-10,17,20H. The molecule has 0 radical (unpaired) electrons. The SMILES string of the molecule is OC(c1ccc(F)cc1)c1ccc(Cl)c2ccccc12. The van der Waals surface area contributed by atoms with Gasteiger partial charge in [-0.25, -0.2) is 4.39 Å². The molecule has 0 aromatic heterocycles. The Morgan fingerprint density at radius 1 is 0.850 bits per heavy atom. The van der Waals surface area contributed by atoms with Gasteiger partial charge in [-0.2, -0.15) is 0 Å². The van der Waals surface area contributed by atoms with Crippen LogP contribution in [0.25, 0.3) is 10.8 Å². The molecule has 3 aromatic carbocycles. The van der Waals surface area contributed by atoms with E-state index in [0.29, 0.717) is 10.6 Å². The molecule has 0 spiro atoms. The average molecular weight is 287 g/mol. The number of hydrogen-bond acceptors (Lipinski definition) is 1. The number of benzene rings is 3. The molecule has 3 aromatic rings. The van der Waals surface area contributed by atoms with Crippen molar-refractivity contribution in [2.24, 2.45) is 0 Å². The highest BCUT2D eigenvalue weighted by Gasteiger charge is 2.14. The van der Waals surface area contributed by atoms with Crippen molar-refractivity contribution < 1.29 is 9.50 Å². The third-order valence-electron chi connectivity index (χ3n) is 3.38. The predicted octanol–water partition coefficient (Wildman–Crippen LogP) is 4.71. The van der Waals surface area contributed by atoms with Gasteiger partial charge in [0.1, 0.15) is 11.9 Å². The molecule has 3 heteroatoms. The normalized spacial score (nSPS) is 12.6. The smallest absolute Gasteiger partial charge is 0.123 e. The van der Waals surface area contributed by atoms with Crippen LogP contribution < -0.4 is 0 Å². The molecule has 0 aliphatic heterocycles. The zero-order valence-electron chi connectivity index (χ0n) is 10.6. The summed E-state index contributed by atoms with van der Waals surface area (Å²) in [4.78, 5) is 0. The first-order valence-corrected chi connectivity index (χ1v) is 6.65. The number of halogens is 2. The summed E-state index contributed by atoms with van der Waals surface area (Å²) < 4.78 is 13.0. The fourth-order valence-electron chi connectivity index (χ4n) is 2.35. The summed E-state index contributed by atoms with van der Waals surface area (Å²) in [5, 5.41) is 13.0. The van der Waals surface area contributed by atoms with Crippen molar-refractivity contribution in [2.45, 2.75) is 6.10 Å². The molecule has 0 bridgehead atoms. The van der Waals surface area contributed by atoms with Crippen LogP contribution in [-0.2, 0) is 0 Å². The summed E-state index contributed by atoms with van der Waals surface area (Å²) in [6, 6.07) is 17.1.